The zero-order chi connectivity index (χ0) is 18.3. The normalized spacial score (nSPS) is 18.5. The summed E-state index contributed by atoms with van der Waals surface area (Å²) in [4.78, 5) is 16.2. The molecule has 26 heavy (non-hydrogen) atoms. The maximum Gasteiger partial charge on any atom is 0.259 e. The van der Waals surface area contributed by atoms with Crippen molar-refractivity contribution in [3.05, 3.63) is 51.8 Å². The minimum absolute atomic E-state index is 0.0152. The van der Waals surface area contributed by atoms with Gasteiger partial charge in [-0.1, -0.05) is 12.1 Å². The smallest absolute Gasteiger partial charge is 0.259 e. The first-order valence-corrected chi connectivity index (χ1v) is 9.58. The van der Waals surface area contributed by atoms with Crippen molar-refractivity contribution < 1.29 is 9.84 Å². The van der Waals surface area contributed by atoms with E-state index in [0.717, 1.165) is 47.5 Å². The fourth-order valence-corrected chi connectivity index (χ4v) is 4.66. The molecule has 1 saturated heterocycles. The van der Waals surface area contributed by atoms with Crippen LogP contribution >= 0.6 is 11.3 Å². The van der Waals surface area contributed by atoms with Crippen LogP contribution in [-0.4, -0.2) is 40.4 Å². The van der Waals surface area contributed by atoms with Gasteiger partial charge in [-0.25, -0.2) is 0 Å². The molecule has 2 aromatic heterocycles. The van der Waals surface area contributed by atoms with E-state index in [4.69, 9.17) is 4.74 Å². The molecule has 4 rings (SSSR count). The first-order chi connectivity index (χ1) is 12.5. The van der Waals surface area contributed by atoms with Crippen LogP contribution in [0.25, 0.3) is 21.2 Å². The quantitative estimate of drug-likeness (QED) is 0.769. The topological polar surface area (TPSA) is 54.7 Å². The fraction of sp³-hybridized carbons (Fsp3) is 0.350. The highest BCUT2D eigenvalue weighted by molar-refractivity contribution is 7.19. The monoisotopic (exact) mass is 370 g/mol. The van der Waals surface area contributed by atoms with Gasteiger partial charge in [-0.05, 0) is 30.7 Å². The summed E-state index contributed by atoms with van der Waals surface area (Å²) in [6.07, 6.45) is 1.86. The molecule has 1 N–H and O–H groups in total. The Kier molecular flexibility index (Phi) is 4.56. The number of pyridine rings is 1. The number of nitrogens with zero attached hydrogens (tertiary/aromatic N) is 2. The average Bonchev–Trinajstić information content (AvgIpc) is 3.04. The molecule has 0 radical (unpaired) electrons. The van der Waals surface area contributed by atoms with Gasteiger partial charge in [0.15, 0.2) is 0 Å². The predicted molar refractivity (Wildman–Crippen MR) is 105 cm³/mol. The summed E-state index contributed by atoms with van der Waals surface area (Å²) in [6, 6.07) is 9.58. The molecule has 5 nitrogen and oxygen atoms in total. The molecule has 1 aliphatic heterocycles. The van der Waals surface area contributed by atoms with E-state index >= 15 is 0 Å². The minimum Gasteiger partial charge on any atom is -0.508 e. The Balaban J connectivity index is 1.80. The van der Waals surface area contributed by atoms with Gasteiger partial charge in [-0.15, -0.1) is 11.3 Å². The Bertz CT molecular complexity index is 1010. The zero-order valence-electron chi connectivity index (χ0n) is 14.9. The van der Waals surface area contributed by atoms with Crippen LogP contribution in [-0.2, 0) is 18.3 Å². The molecule has 3 aromatic rings. The first kappa shape index (κ1) is 17.3. The maximum absolute atomic E-state index is 12.6. The first-order valence-electron chi connectivity index (χ1n) is 8.76. The van der Waals surface area contributed by atoms with Gasteiger partial charge >= 0.3 is 0 Å². The number of hydrogen-bond donors (Lipinski definition) is 1. The number of fused-ring (bicyclic) bond motifs is 1. The number of benzene rings is 1. The molecule has 1 aliphatic rings. The SMILES string of the molecule is CC1COCCN1Cc1cc2c(=O)n(C)cc(-c3cccc(O)c3)c2s1. The van der Waals surface area contributed by atoms with Crippen LogP contribution in [0, 0.1) is 0 Å². The number of phenols is 1. The molecule has 0 aliphatic carbocycles. The fourth-order valence-electron chi connectivity index (χ4n) is 3.46. The van der Waals surface area contributed by atoms with Crippen LogP contribution in [0.5, 0.6) is 5.75 Å². The maximum atomic E-state index is 12.6. The van der Waals surface area contributed by atoms with E-state index in [1.807, 2.05) is 24.4 Å². The van der Waals surface area contributed by atoms with Gasteiger partial charge in [0.2, 0.25) is 0 Å². The van der Waals surface area contributed by atoms with Gasteiger partial charge < -0.3 is 14.4 Å². The lowest BCUT2D eigenvalue weighted by atomic mass is 10.1. The standard InChI is InChI=1S/C20H22N2O3S/c1-13-12-25-7-6-22(13)10-16-9-17-19(26-16)18(11-21(2)20(17)24)14-4-3-5-15(23)8-14/h3-5,8-9,11,13,23H,6-7,10,12H2,1-2H3. The van der Waals surface area contributed by atoms with E-state index in [2.05, 4.69) is 11.8 Å². The van der Waals surface area contributed by atoms with E-state index in [1.54, 1.807) is 35.1 Å². The highest BCUT2D eigenvalue weighted by Crippen LogP contribution is 2.35. The molecule has 1 aromatic carbocycles. The largest absolute Gasteiger partial charge is 0.508 e. The summed E-state index contributed by atoms with van der Waals surface area (Å²) in [5.41, 5.74) is 1.91. The Hall–Kier alpha value is -2.15. The van der Waals surface area contributed by atoms with E-state index in [0.29, 0.717) is 6.04 Å². The molecule has 0 bridgehead atoms. The molecule has 0 amide bonds. The summed E-state index contributed by atoms with van der Waals surface area (Å²) in [5, 5.41) is 10.6. The second kappa shape index (κ2) is 6.87. The summed E-state index contributed by atoms with van der Waals surface area (Å²) in [5.74, 6) is 0.225. The molecule has 1 unspecified atom stereocenters. The van der Waals surface area contributed by atoms with Crippen molar-refractivity contribution in [2.75, 3.05) is 19.8 Å². The third kappa shape index (κ3) is 3.16. The number of thiophene rings is 1. The van der Waals surface area contributed by atoms with Crippen molar-refractivity contribution in [1.82, 2.24) is 9.47 Å². The molecule has 1 fully saturated rings. The highest BCUT2D eigenvalue weighted by Gasteiger charge is 2.21. The number of aromatic hydroxyl groups is 1. The minimum atomic E-state index is 0.0152. The Morgan fingerprint density at radius 2 is 2.19 bits per heavy atom. The lowest BCUT2D eigenvalue weighted by Crippen LogP contribution is -2.42. The third-order valence-electron chi connectivity index (χ3n) is 4.92. The van der Waals surface area contributed by atoms with Gasteiger partial charge in [-0.3, -0.25) is 9.69 Å². The van der Waals surface area contributed by atoms with Crippen molar-refractivity contribution >= 4 is 21.4 Å². The van der Waals surface area contributed by atoms with E-state index in [1.165, 1.54) is 4.88 Å². The van der Waals surface area contributed by atoms with Crippen LogP contribution in [0.1, 0.15) is 11.8 Å². The Labute approximate surface area is 156 Å². The molecule has 1 atom stereocenters. The van der Waals surface area contributed by atoms with Gasteiger partial charge in [-0.2, -0.15) is 0 Å². The highest BCUT2D eigenvalue weighted by atomic mass is 32.1. The van der Waals surface area contributed by atoms with Crippen LogP contribution in [0.4, 0.5) is 0 Å². The van der Waals surface area contributed by atoms with E-state index in [-0.39, 0.29) is 11.3 Å². The Morgan fingerprint density at radius 3 is 2.96 bits per heavy atom. The summed E-state index contributed by atoms with van der Waals surface area (Å²) < 4.78 is 8.12. The van der Waals surface area contributed by atoms with Gasteiger partial charge in [0, 0.05) is 47.5 Å². The van der Waals surface area contributed by atoms with Gasteiger partial charge in [0.05, 0.1) is 18.6 Å². The number of morpholine rings is 1. The van der Waals surface area contributed by atoms with Crippen LogP contribution in [0.15, 0.2) is 41.3 Å². The molecular formula is C20H22N2O3S. The lowest BCUT2D eigenvalue weighted by molar-refractivity contribution is -0.00390. The molecule has 0 saturated carbocycles. The van der Waals surface area contributed by atoms with Crippen molar-refractivity contribution in [2.24, 2.45) is 7.05 Å². The molecule has 3 heterocycles. The van der Waals surface area contributed by atoms with Crippen molar-refractivity contribution in [2.45, 2.75) is 19.5 Å². The van der Waals surface area contributed by atoms with Crippen LogP contribution in [0.3, 0.4) is 0 Å². The number of ether oxygens (including phenoxy) is 1. The van der Waals surface area contributed by atoms with Crippen LogP contribution < -0.4 is 5.56 Å². The summed E-state index contributed by atoms with van der Waals surface area (Å²) >= 11 is 1.67. The van der Waals surface area contributed by atoms with Crippen molar-refractivity contribution in [1.29, 1.82) is 0 Å². The molecule has 6 heteroatoms. The van der Waals surface area contributed by atoms with E-state index in [9.17, 15) is 9.90 Å². The lowest BCUT2D eigenvalue weighted by Gasteiger charge is -2.32. The summed E-state index contributed by atoms with van der Waals surface area (Å²) in [7, 11) is 1.77. The Morgan fingerprint density at radius 1 is 1.35 bits per heavy atom. The average molecular weight is 370 g/mol. The number of aryl methyl sites for hydroxylation is 1. The number of aromatic nitrogens is 1. The second-order valence-corrected chi connectivity index (χ2v) is 8.00. The third-order valence-corrected chi connectivity index (χ3v) is 6.08. The second-order valence-electron chi connectivity index (χ2n) is 6.86. The molecule has 0 spiro atoms. The van der Waals surface area contributed by atoms with E-state index < -0.39 is 0 Å². The molecule has 136 valence electrons. The van der Waals surface area contributed by atoms with Gasteiger partial charge in [0.1, 0.15) is 5.75 Å². The summed E-state index contributed by atoms with van der Waals surface area (Å²) in [6.45, 7) is 5.41. The van der Waals surface area contributed by atoms with Crippen LogP contribution in [0.2, 0.25) is 0 Å². The predicted octanol–water partition coefficient (Wildman–Crippen LogP) is 3.19. The number of hydrogen-bond acceptors (Lipinski definition) is 5. The zero-order valence-corrected chi connectivity index (χ0v) is 15.8. The molecular weight excluding hydrogens is 348 g/mol. The van der Waals surface area contributed by atoms with Crippen molar-refractivity contribution in [3.63, 3.8) is 0 Å². The number of rotatable bonds is 3. The van der Waals surface area contributed by atoms with Gasteiger partial charge in [0.25, 0.3) is 5.56 Å². The van der Waals surface area contributed by atoms with Crippen molar-refractivity contribution in [3.8, 4) is 16.9 Å². The number of phenolic OH excluding ortho intramolecular Hbond substituents is 1.